The van der Waals surface area contributed by atoms with Gasteiger partial charge in [-0.15, -0.1) is 0 Å². The molecule has 1 aromatic carbocycles. The van der Waals surface area contributed by atoms with Gasteiger partial charge in [-0.3, -0.25) is 4.90 Å². The van der Waals surface area contributed by atoms with Crippen molar-refractivity contribution in [2.24, 2.45) is 0 Å². The number of benzene rings is 1. The molecule has 3 heteroatoms. The molecule has 0 aromatic heterocycles. The first-order chi connectivity index (χ1) is 7.47. The maximum absolute atomic E-state index is 9.82. The van der Waals surface area contributed by atoms with E-state index in [0.717, 1.165) is 12.0 Å². The van der Waals surface area contributed by atoms with Crippen molar-refractivity contribution in [1.82, 2.24) is 4.90 Å². The molecule has 0 fully saturated rings. The van der Waals surface area contributed by atoms with Crippen molar-refractivity contribution < 1.29 is 5.11 Å². The third-order valence-electron chi connectivity index (χ3n) is 3.34. The number of rotatable bonds is 4. The molecule has 0 aliphatic heterocycles. The molecule has 0 saturated carbocycles. The van der Waals surface area contributed by atoms with E-state index in [1.54, 1.807) is 12.1 Å². The van der Waals surface area contributed by atoms with Crippen LogP contribution in [-0.4, -0.2) is 23.1 Å². The van der Waals surface area contributed by atoms with Crippen LogP contribution in [0.5, 0.6) is 5.75 Å². The Balaban J connectivity index is 2.95. The molecular weight excluding hydrogens is 222 g/mol. The monoisotopic (exact) mass is 241 g/mol. The van der Waals surface area contributed by atoms with Crippen molar-refractivity contribution in [2.75, 3.05) is 7.05 Å². The van der Waals surface area contributed by atoms with Crippen molar-refractivity contribution in [3.8, 4) is 5.75 Å². The lowest BCUT2D eigenvalue weighted by Crippen LogP contribution is -2.31. The molecule has 1 rings (SSSR count). The number of aromatic hydroxyl groups is 1. The van der Waals surface area contributed by atoms with Gasteiger partial charge in [-0.1, -0.05) is 18.5 Å². The van der Waals surface area contributed by atoms with Crippen molar-refractivity contribution in [3.05, 3.63) is 28.8 Å². The van der Waals surface area contributed by atoms with E-state index in [4.69, 9.17) is 11.6 Å². The first kappa shape index (κ1) is 13.3. The van der Waals surface area contributed by atoms with Crippen LogP contribution >= 0.6 is 11.6 Å². The number of hydrogen-bond acceptors (Lipinski definition) is 2. The summed E-state index contributed by atoms with van der Waals surface area (Å²) in [6.45, 7) is 6.42. The van der Waals surface area contributed by atoms with Crippen LogP contribution in [0.25, 0.3) is 0 Å². The van der Waals surface area contributed by atoms with E-state index in [1.807, 2.05) is 6.07 Å². The number of hydrogen-bond donors (Lipinski definition) is 1. The van der Waals surface area contributed by atoms with Crippen LogP contribution in [0.2, 0.25) is 5.02 Å². The van der Waals surface area contributed by atoms with E-state index < -0.39 is 0 Å². The van der Waals surface area contributed by atoms with E-state index in [0.29, 0.717) is 16.8 Å². The Morgan fingerprint density at radius 1 is 1.38 bits per heavy atom. The maximum atomic E-state index is 9.82. The lowest BCUT2D eigenvalue weighted by atomic mass is 10.0. The van der Waals surface area contributed by atoms with Crippen molar-refractivity contribution in [2.45, 2.75) is 39.3 Å². The zero-order valence-corrected chi connectivity index (χ0v) is 11.1. The lowest BCUT2D eigenvalue weighted by Gasteiger charge is -2.30. The summed E-state index contributed by atoms with van der Waals surface area (Å²) in [5.41, 5.74) is 0.885. The summed E-state index contributed by atoms with van der Waals surface area (Å²) in [7, 11) is 2.07. The van der Waals surface area contributed by atoms with Gasteiger partial charge in [0, 0.05) is 22.7 Å². The minimum atomic E-state index is 0.161. The summed E-state index contributed by atoms with van der Waals surface area (Å²) < 4.78 is 0. The predicted molar refractivity (Wildman–Crippen MR) is 69.0 cm³/mol. The molecule has 0 radical (unpaired) electrons. The first-order valence-electron chi connectivity index (χ1n) is 5.67. The highest BCUT2D eigenvalue weighted by molar-refractivity contribution is 6.30. The van der Waals surface area contributed by atoms with Gasteiger partial charge >= 0.3 is 0 Å². The zero-order chi connectivity index (χ0) is 12.3. The van der Waals surface area contributed by atoms with Gasteiger partial charge in [0.1, 0.15) is 5.75 Å². The van der Waals surface area contributed by atoms with E-state index in [2.05, 4.69) is 32.7 Å². The standard InChI is InChI=1S/C13H20ClNO/c1-5-9(2)15(4)10(3)12-8-11(14)6-7-13(12)16/h6-10,16H,5H2,1-4H3. The summed E-state index contributed by atoms with van der Waals surface area (Å²) >= 11 is 5.95. The fraction of sp³-hybridized carbons (Fsp3) is 0.538. The van der Waals surface area contributed by atoms with Gasteiger partial charge in [0.05, 0.1) is 0 Å². The molecular formula is C13H20ClNO. The van der Waals surface area contributed by atoms with Gasteiger partial charge in [0.15, 0.2) is 0 Å². The minimum absolute atomic E-state index is 0.161. The molecule has 1 N–H and O–H groups in total. The second-order valence-corrected chi connectivity index (χ2v) is 4.74. The molecule has 0 aliphatic carbocycles. The first-order valence-corrected chi connectivity index (χ1v) is 6.05. The fourth-order valence-electron chi connectivity index (χ4n) is 1.75. The molecule has 0 bridgehead atoms. The zero-order valence-electron chi connectivity index (χ0n) is 10.4. The molecule has 0 aliphatic rings. The molecule has 2 unspecified atom stereocenters. The normalized spacial score (nSPS) is 15.1. The molecule has 1 aromatic rings. The molecule has 2 nitrogen and oxygen atoms in total. The Hall–Kier alpha value is -0.730. The van der Waals surface area contributed by atoms with Gasteiger partial charge < -0.3 is 5.11 Å². The lowest BCUT2D eigenvalue weighted by molar-refractivity contribution is 0.190. The number of phenols is 1. The van der Waals surface area contributed by atoms with E-state index in [1.165, 1.54) is 0 Å². The largest absolute Gasteiger partial charge is 0.508 e. The van der Waals surface area contributed by atoms with Gasteiger partial charge in [-0.25, -0.2) is 0 Å². The second kappa shape index (κ2) is 5.55. The highest BCUT2D eigenvalue weighted by Gasteiger charge is 2.18. The Morgan fingerprint density at radius 3 is 2.56 bits per heavy atom. The van der Waals surface area contributed by atoms with E-state index in [-0.39, 0.29) is 6.04 Å². The number of nitrogens with zero attached hydrogens (tertiary/aromatic N) is 1. The smallest absolute Gasteiger partial charge is 0.120 e. The molecule has 2 atom stereocenters. The highest BCUT2D eigenvalue weighted by Crippen LogP contribution is 2.31. The van der Waals surface area contributed by atoms with Crippen LogP contribution in [-0.2, 0) is 0 Å². The molecule has 90 valence electrons. The summed E-state index contributed by atoms with van der Waals surface area (Å²) in [5.74, 6) is 0.312. The van der Waals surface area contributed by atoms with Crippen LogP contribution in [0.4, 0.5) is 0 Å². The number of halogens is 1. The minimum Gasteiger partial charge on any atom is -0.508 e. The SMILES string of the molecule is CCC(C)N(C)C(C)c1cc(Cl)ccc1O. The van der Waals surface area contributed by atoms with Crippen LogP contribution in [0.1, 0.15) is 38.8 Å². The Morgan fingerprint density at radius 2 is 2.00 bits per heavy atom. The van der Waals surface area contributed by atoms with Gasteiger partial charge in [0.25, 0.3) is 0 Å². The topological polar surface area (TPSA) is 23.5 Å². The van der Waals surface area contributed by atoms with E-state index in [9.17, 15) is 5.11 Å². The van der Waals surface area contributed by atoms with Crippen LogP contribution in [0.3, 0.4) is 0 Å². The van der Waals surface area contributed by atoms with Crippen LogP contribution < -0.4 is 0 Å². The molecule has 16 heavy (non-hydrogen) atoms. The van der Waals surface area contributed by atoms with Crippen LogP contribution in [0.15, 0.2) is 18.2 Å². The summed E-state index contributed by atoms with van der Waals surface area (Å²) in [6.07, 6.45) is 1.09. The van der Waals surface area contributed by atoms with Gasteiger partial charge in [-0.2, -0.15) is 0 Å². The summed E-state index contributed by atoms with van der Waals surface area (Å²) in [5, 5.41) is 10.5. The Kier molecular flexibility index (Phi) is 4.63. The summed E-state index contributed by atoms with van der Waals surface area (Å²) in [4.78, 5) is 2.24. The van der Waals surface area contributed by atoms with Gasteiger partial charge in [0.2, 0.25) is 0 Å². The van der Waals surface area contributed by atoms with Crippen molar-refractivity contribution in [1.29, 1.82) is 0 Å². The average molecular weight is 242 g/mol. The fourth-order valence-corrected chi connectivity index (χ4v) is 1.93. The van der Waals surface area contributed by atoms with E-state index >= 15 is 0 Å². The Labute approximate surface area is 103 Å². The molecule has 0 heterocycles. The molecule has 0 spiro atoms. The Bertz CT molecular complexity index is 354. The van der Waals surface area contributed by atoms with Crippen molar-refractivity contribution >= 4 is 11.6 Å². The molecule has 0 amide bonds. The van der Waals surface area contributed by atoms with Crippen molar-refractivity contribution in [3.63, 3.8) is 0 Å². The van der Waals surface area contributed by atoms with Gasteiger partial charge in [-0.05, 0) is 45.5 Å². The molecule has 0 saturated heterocycles. The maximum Gasteiger partial charge on any atom is 0.120 e. The number of phenolic OH excluding ortho intramolecular Hbond substituents is 1. The predicted octanol–water partition coefficient (Wildman–Crippen LogP) is 3.84. The average Bonchev–Trinajstić information content (AvgIpc) is 2.29. The van der Waals surface area contributed by atoms with Crippen LogP contribution in [0, 0.1) is 0 Å². The quantitative estimate of drug-likeness (QED) is 0.866. The third-order valence-corrected chi connectivity index (χ3v) is 3.57. The summed E-state index contributed by atoms with van der Waals surface area (Å²) in [6, 6.07) is 5.83. The highest BCUT2D eigenvalue weighted by atomic mass is 35.5. The third kappa shape index (κ3) is 2.89. The second-order valence-electron chi connectivity index (χ2n) is 4.30.